The summed E-state index contributed by atoms with van der Waals surface area (Å²) in [5.41, 5.74) is 4.22. The van der Waals surface area contributed by atoms with Crippen LogP contribution in [-0.2, 0) is 0 Å². The van der Waals surface area contributed by atoms with Crippen LogP contribution < -0.4 is 10.6 Å². The molecule has 3 N–H and O–H groups in total. The largest absolute Gasteiger partial charge is 0.396 e. The standard InChI is InChI=1S/C19H20ClN5O/c1-13-8-18(14-9-17(12-21-11-14)22-6-3-7-26)25-19(23-13)24-16-5-2-4-15(20)10-16/h2,4-5,8-12,22,26H,3,6-7H2,1H3,(H,23,24,25). The highest BCUT2D eigenvalue weighted by molar-refractivity contribution is 6.30. The predicted molar refractivity (Wildman–Crippen MR) is 105 cm³/mol. The molecule has 0 fully saturated rings. The van der Waals surface area contributed by atoms with Crippen molar-refractivity contribution in [2.75, 3.05) is 23.8 Å². The lowest BCUT2D eigenvalue weighted by atomic mass is 10.1. The van der Waals surface area contributed by atoms with Gasteiger partial charge in [0.1, 0.15) is 0 Å². The molecule has 0 saturated carbocycles. The van der Waals surface area contributed by atoms with Gasteiger partial charge in [0.05, 0.1) is 11.4 Å². The lowest BCUT2D eigenvalue weighted by Gasteiger charge is -2.10. The molecule has 0 aliphatic rings. The van der Waals surface area contributed by atoms with E-state index in [2.05, 4.69) is 25.6 Å². The zero-order valence-electron chi connectivity index (χ0n) is 14.4. The van der Waals surface area contributed by atoms with E-state index >= 15 is 0 Å². The fourth-order valence-corrected chi connectivity index (χ4v) is 2.65. The topological polar surface area (TPSA) is 83.0 Å². The van der Waals surface area contributed by atoms with Gasteiger partial charge in [-0.25, -0.2) is 9.97 Å². The summed E-state index contributed by atoms with van der Waals surface area (Å²) in [5.74, 6) is 0.501. The number of nitrogens with one attached hydrogen (secondary N) is 2. The van der Waals surface area contributed by atoms with Crippen LogP contribution in [0.15, 0.2) is 48.8 Å². The molecule has 2 heterocycles. The summed E-state index contributed by atoms with van der Waals surface area (Å²) in [7, 11) is 0. The van der Waals surface area contributed by atoms with Gasteiger partial charge < -0.3 is 15.7 Å². The second kappa shape index (κ2) is 8.60. The van der Waals surface area contributed by atoms with Gasteiger partial charge in [-0.1, -0.05) is 17.7 Å². The molecule has 7 heteroatoms. The van der Waals surface area contributed by atoms with Crippen LogP contribution in [0.4, 0.5) is 17.3 Å². The molecule has 0 amide bonds. The van der Waals surface area contributed by atoms with Crippen molar-refractivity contribution in [1.29, 1.82) is 0 Å². The van der Waals surface area contributed by atoms with E-state index in [-0.39, 0.29) is 6.61 Å². The Labute approximate surface area is 157 Å². The summed E-state index contributed by atoms with van der Waals surface area (Å²) in [6.07, 6.45) is 4.20. The molecule has 0 atom stereocenters. The normalized spacial score (nSPS) is 10.6. The van der Waals surface area contributed by atoms with Crippen molar-refractivity contribution in [3.05, 3.63) is 59.5 Å². The van der Waals surface area contributed by atoms with E-state index in [1.807, 2.05) is 43.3 Å². The molecule has 0 unspecified atom stereocenters. The lowest BCUT2D eigenvalue weighted by Crippen LogP contribution is -2.04. The van der Waals surface area contributed by atoms with Crippen LogP contribution in [0, 0.1) is 6.92 Å². The van der Waals surface area contributed by atoms with Gasteiger partial charge in [-0.15, -0.1) is 0 Å². The Morgan fingerprint density at radius 2 is 1.96 bits per heavy atom. The second-order valence-electron chi connectivity index (χ2n) is 5.82. The van der Waals surface area contributed by atoms with Crippen molar-refractivity contribution >= 4 is 28.9 Å². The number of nitrogens with zero attached hydrogens (tertiary/aromatic N) is 3. The highest BCUT2D eigenvalue weighted by Gasteiger charge is 2.07. The minimum atomic E-state index is 0.157. The predicted octanol–water partition coefficient (Wildman–Crippen LogP) is 4.04. The minimum Gasteiger partial charge on any atom is -0.396 e. The maximum absolute atomic E-state index is 8.89. The summed E-state index contributed by atoms with van der Waals surface area (Å²) in [5, 5.41) is 16.0. The van der Waals surface area contributed by atoms with Gasteiger partial charge in [0.25, 0.3) is 0 Å². The Kier molecular flexibility index (Phi) is 5.99. The molecule has 0 aliphatic heterocycles. The minimum absolute atomic E-state index is 0.157. The number of benzene rings is 1. The number of aryl methyl sites for hydroxylation is 1. The van der Waals surface area contributed by atoms with Crippen LogP contribution >= 0.6 is 11.6 Å². The van der Waals surface area contributed by atoms with Crippen molar-refractivity contribution in [3.63, 3.8) is 0 Å². The molecule has 0 radical (unpaired) electrons. The average molecular weight is 370 g/mol. The number of aliphatic hydroxyl groups is 1. The van der Waals surface area contributed by atoms with Crippen molar-refractivity contribution in [2.24, 2.45) is 0 Å². The first kappa shape index (κ1) is 18.1. The molecule has 134 valence electrons. The molecule has 0 spiro atoms. The van der Waals surface area contributed by atoms with Gasteiger partial charge in [-0.3, -0.25) is 4.98 Å². The molecule has 0 saturated heterocycles. The van der Waals surface area contributed by atoms with E-state index in [0.717, 1.165) is 28.3 Å². The summed E-state index contributed by atoms with van der Waals surface area (Å²) in [6.45, 7) is 2.76. The van der Waals surface area contributed by atoms with Gasteiger partial charge in [-0.2, -0.15) is 0 Å². The maximum Gasteiger partial charge on any atom is 0.227 e. The third-order valence-electron chi connectivity index (χ3n) is 3.63. The molecule has 2 aromatic heterocycles. The molecule has 3 rings (SSSR count). The molecule has 26 heavy (non-hydrogen) atoms. The molecular formula is C19H20ClN5O. The Hall–Kier alpha value is -2.70. The van der Waals surface area contributed by atoms with E-state index in [4.69, 9.17) is 16.7 Å². The number of aromatic nitrogens is 3. The van der Waals surface area contributed by atoms with Crippen LogP contribution in [0.25, 0.3) is 11.3 Å². The van der Waals surface area contributed by atoms with E-state index < -0.39 is 0 Å². The van der Waals surface area contributed by atoms with Crippen molar-refractivity contribution in [1.82, 2.24) is 15.0 Å². The number of halogens is 1. The molecule has 3 aromatic rings. The fraction of sp³-hybridized carbons (Fsp3) is 0.211. The van der Waals surface area contributed by atoms with Crippen LogP contribution in [0.3, 0.4) is 0 Å². The monoisotopic (exact) mass is 369 g/mol. The summed E-state index contributed by atoms with van der Waals surface area (Å²) in [6, 6.07) is 11.3. The summed E-state index contributed by atoms with van der Waals surface area (Å²) >= 11 is 6.03. The SMILES string of the molecule is Cc1cc(-c2cncc(NCCCO)c2)nc(Nc2cccc(Cl)c2)n1. The van der Waals surface area contributed by atoms with E-state index in [1.54, 1.807) is 12.4 Å². The number of rotatable bonds is 7. The molecular weight excluding hydrogens is 350 g/mol. The molecule has 0 bridgehead atoms. The van der Waals surface area contributed by atoms with Crippen molar-refractivity contribution in [2.45, 2.75) is 13.3 Å². The summed E-state index contributed by atoms with van der Waals surface area (Å²) < 4.78 is 0. The van der Waals surface area contributed by atoms with Crippen molar-refractivity contribution < 1.29 is 5.11 Å². The van der Waals surface area contributed by atoms with Crippen LogP contribution in [0.5, 0.6) is 0 Å². The number of hydrogen-bond donors (Lipinski definition) is 3. The number of pyridine rings is 1. The Morgan fingerprint density at radius 3 is 2.77 bits per heavy atom. The van der Waals surface area contributed by atoms with Gasteiger partial charge >= 0.3 is 0 Å². The van der Waals surface area contributed by atoms with Crippen LogP contribution in [0.2, 0.25) is 5.02 Å². The first-order valence-electron chi connectivity index (χ1n) is 8.32. The maximum atomic E-state index is 8.89. The molecule has 1 aromatic carbocycles. The fourth-order valence-electron chi connectivity index (χ4n) is 2.46. The number of hydrogen-bond acceptors (Lipinski definition) is 6. The third-order valence-corrected chi connectivity index (χ3v) is 3.87. The number of anilines is 3. The Bertz CT molecular complexity index is 887. The van der Waals surface area contributed by atoms with Gasteiger partial charge in [0.15, 0.2) is 0 Å². The van der Waals surface area contributed by atoms with Crippen LogP contribution in [-0.4, -0.2) is 33.2 Å². The van der Waals surface area contributed by atoms with E-state index in [0.29, 0.717) is 23.9 Å². The highest BCUT2D eigenvalue weighted by Crippen LogP contribution is 2.23. The third kappa shape index (κ3) is 4.91. The second-order valence-corrected chi connectivity index (χ2v) is 6.26. The lowest BCUT2D eigenvalue weighted by molar-refractivity contribution is 0.292. The number of aliphatic hydroxyl groups excluding tert-OH is 1. The zero-order valence-corrected chi connectivity index (χ0v) is 15.2. The van der Waals surface area contributed by atoms with E-state index in [9.17, 15) is 0 Å². The average Bonchev–Trinajstić information content (AvgIpc) is 2.62. The van der Waals surface area contributed by atoms with Crippen LogP contribution in [0.1, 0.15) is 12.1 Å². The van der Waals surface area contributed by atoms with Gasteiger partial charge in [0, 0.05) is 47.5 Å². The van der Waals surface area contributed by atoms with E-state index in [1.165, 1.54) is 0 Å². The van der Waals surface area contributed by atoms with Gasteiger partial charge in [-0.05, 0) is 43.7 Å². The Balaban J connectivity index is 1.84. The first-order valence-corrected chi connectivity index (χ1v) is 8.70. The molecule has 6 nitrogen and oxygen atoms in total. The zero-order chi connectivity index (χ0) is 18.4. The molecule has 0 aliphatic carbocycles. The smallest absolute Gasteiger partial charge is 0.227 e. The van der Waals surface area contributed by atoms with Gasteiger partial charge in [0.2, 0.25) is 5.95 Å². The quantitative estimate of drug-likeness (QED) is 0.545. The summed E-state index contributed by atoms with van der Waals surface area (Å²) in [4.78, 5) is 13.3. The first-order chi connectivity index (χ1) is 12.6. The Morgan fingerprint density at radius 1 is 1.08 bits per heavy atom. The highest BCUT2D eigenvalue weighted by atomic mass is 35.5. The van der Waals surface area contributed by atoms with Crippen molar-refractivity contribution in [3.8, 4) is 11.3 Å².